The van der Waals surface area contributed by atoms with Crippen LogP contribution in [0.1, 0.15) is 30.7 Å². The molecule has 0 fully saturated rings. The minimum absolute atomic E-state index is 0.00909. The number of nitrogens with zero attached hydrogens (tertiary/aromatic N) is 3. The van der Waals surface area contributed by atoms with Crippen LogP contribution >= 0.6 is 23.1 Å². The van der Waals surface area contributed by atoms with Crippen LogP contribution in [0.3, 0.4) is 0 Å². The first kappa shape index (κ1) is 21.6. The summed E-state index contributed by atoms with van der Waals surface area (Å²) in [6.45, 7) is 1.84. The summed E-state index contributed by atoms with van der Waals surface area (Å²) in [7, 11) is 0. The number of nitrogens with one attached hydrogen (secondary N) is 1. The van der Waals surface area contributed by atoms with Crippen LogP contribution in [0.4, 0.5) is 5.69 Å². The number of carbonyl (C=O) groups excluding carboxylic acids is 1. The minimum Gasteiger partial charge on any atom is -0.335 e. The molecule has 1 aliphatic carbocycles. The monoisotopic (exact) mass is 505 g/mol. The smallest absolute Gasteiger partial charge is 0.266 e. The van der Waals surface area contributed by atoms with E-state index in [0.717, 1.165) is 60.0 Å². The fraction of sp³-hybridized carbons (Fsp3) is 0.207. The van der Waals surface area contributed by atoms with Gasteiger partial charge in [-0.2, -0.15) is 9.83 Å². The fourth-order valence-electron chi connectivity index (χ4n) is 5.86. The molecule has 4 heterocycles. The van der Waals surface area contributed by atoms with Crippen molar-refractivity contribution < 1.29 is 9.36 Å². The number of benzene rings is 2. The SMILES string of the molecule is N#CC(=C=N)C1=C(C2=C3Sc4ccccc4N3CCC2)C(=O)/C1=C1/CCC[n+]2c1sc1ccccc12. The number of rotatable bonds is 2. The van der Waals surface area contributed by atoms with Crippen molar-refractivity contribution in [2.45, 2.75) is 37.1 Å². The number of para-hydroxylation sites is 2. The molecule has 4 aliphatic rings. The number of hydrogen-bond donors (Lipinski definition) is 1. The highest BCUT2D eigenvalue weighted by atomic mass is 32.2. The number of nitriles is 1. The topological polar surface area (TPSA) is 71.8 Å². The van der Waals surface area contributed by atoms with Gasteiger partial charge in [0.05, 0.1) is 10.7 Å². The number of ketones is 1. The fourth-order valence-corrected chi connectivity index (χ4v) is 8.39. The molecule has 3 aliphatic heterocycles. The Balaban J connectivity index is 1.46. The first-order chi connectivity index (χ1) is 17.7. The lowest BCUT2D eigenvalue weighted by Gasteiger charge is -2.34. The maximum absolute atomic E-state index is 14.0. The van der Waals surface area contributed by atoms with E-state index in [2.05, 4.69) is 45.7 Å². The molecule has 0 radical (unpaired) electrons. The molecule has 36 heavy (non-hydrogen) atoms. The van der Waals surface area contributed by atoms with Gasteiger partial charge in [0.15, 0.2) is 12.3 Å². The highest BCUT2D eigenvalue weighted by Gasteiger charge is 2.45. The van der Waals surface area contributed by atoms with E-state index in [9.17, 15) is 10.1 Å². The van der Waals surface area contributed by atoms with E-state index in [0.29, 0.717) is 16.7 Å². The molecule has 1 N–H and O–H groups in total. The van der Waals surface area contributed by atoms with Crippen molar-refractivity contribution in [2.24, 2.45) is 0 Å². The summed E-state index contributed by atoms with van der Waals surface area (Å²) in [5.41, 5.74) is 6.40. The van der Waals surface area contributed by atoms with Crippen molar-refractivity contribution in [3.63, 3.8) is 0 Å². The maximum atomic E-state index is 14.0. The third kappa shape index (κ3) is 2.93. The zero-order chi connectivity index (χ0) is 24.4. The van der Waals surface area contributed by atoms with Gasteiger partial charge < -0.3 is 4.90 Å². The third-order valence-electron chi connectivity index (χ3n) is 7.39. The number of allylic oxidation sites excluding steroid dienone is 6. The van der Waals surface area contributed by atoms with Crippen molar-refractivity contribution in [1.29, 1.82) is 10.7 Å². The summed E-state index contributed by atoms with van der Waals surface area (Å²) in [5.74, 6) is 2.36. The van der Waals surface area contributed by atoms with Crippen LogP contribution in [-0.4, -0.2) is 18.2 Å². The molecule has 0 bridgehead atoms. The number of carbonyl (C=O) groups is 1. The first-order valence-electron chi connectivity index (χ1n) is 12.1. The molecule has 5 nitrogen and oxygen atoms in total. The highest BCUT2D eigenvalue weighted by molar-refractivity contribution is 8.03. The van der Waals surface area contributed by atoms with E-state index in [1.54, 1.807) is 23.1 Å². The Morgan fingerprint density at radius 1 is 1.03 bits per heavy atom. The van der Waals surface area contributed by atoms with Crippen LogP contribution in [0.25, 0.3) is 15.8 Å². The predicted molar refractivity (Wildman–Crippen MR) is 143 cm³/mol. The van der Waals surface area contributed by atoms with Gasteiger partial charge in [-0.25, -0.2) is 0 Å². The van der Waals surface area contributed by atoms with Crippen molar-refractivity contribution >= 4 is 56.2 Å². The van der Waals surface area contributed by atoms with Gasteiger partial charge in [-0.05, 0) is 48.9 Å². The molecule has 0 saturated heterocycles. The van der Waals surface area contributed by atoms with E-state index in [-0.39, 0.29) is 11.4 Å². The first-order valence-corrected chi connectivity index (χ1v) is 13.8. The molecular formula is C29H21N4OS2+. The van der Waals surface area contributed by atoms with Crippen molar-refractivity contribution in [1.82, 2.24) is 0 Å². The lowest BCUT2D eigenvalue weighted by Crippen LogP contribution is -2.40. The average molecular weight is 506 g/mol. The van der Waals surface area contributed by atoms with Gasteiger partial charge in [0.25, 0.3) is 5.01 Å². The second kappa shape index (κ2) is 8.18. The van der Waals surface area contributed by atoms with Crippen LogP contribution in [0.5, 0.6) is 0 Å². The number of anilines is 1. The van der Waals surface area contributed by atoms with E-state index in [4.69, 9.17) is 5.41 Å². The van der Waals surface area contributed by atoms with Crippen molar-refractivity contribution in [2.75, 3.05) is 11.4 Å². The molecule has 7 heteroatoms. The minimum atomic E-state index is 0.00909. The Bertz CT molecular complexity index is 1710. The molecule has 2 aromatic carbocycles. The number of Topliss-reactive ketones (excluding diaryl/α,β-unsaturated/α-hetero) is 1. The number of aromatic nitrogens is 1. The van der Waals surface area contributed by atoms with Gasteiger partial charge in [0, 0.05) is 46.2 Å². The standard InChI is InChI=1S/C29H21N4OS2/c30-15-17(16-31)24-25(18-7-5-13-32-20-9-1-3-11-22(20)35-28(18)32)27(34)26(24)19-8-6-14-33-21-10-2-4-12-23(21)36-29(19)33/h1-4,9-12,30H,5-8,13-14H2/q+1. The van der Waals surface area contributed by atoms with Gasteiger partial charge in [-0.15, -0.1) is 0 Å². The van der Waals surface area contributed by atoms with Gasteiger partial charge in [-0.1, -0.05) is 47.4 Å². The summed E-state index contributed by atoms with van der Waals surface area (Å²) < 4.78 is 3.50. The number of thioether (sulfide) groups is 1. The summed E-state index contributed by atoms with van der Waals surface area (Å²) >= 11 is 3.41. The molecule has 0 unspecified atom stereocenters. The van der Waals surface area contributed by atoms with E-state index < -0.39 is 0 Å². The quantitative estimate of drug-likeness (QED) is 0.203. The predicted octanol–water partition coefficient (Wildman–Crippen LogP) is 5.93. The molecule has 0 atom stereocenters. The molecule has 3 aromatic rings. The summed E-state index contributed by atoms with van der Waals surface area (Å²) in [6, 6.07) is 18.8. The zero-order valence-electron chi connectivity index (χ0n) is 19.4. The van der Waals surface area contributed by atoms with Crippen molar-refractivity contribution in [3.8, 4) is 6.07 Å². The van der Waals surface area contributed by atoms with Crippen LogP contribution in [0, 0.1) is 16.7 Å². The van der Waals surface area contributed by atoms with Crippen LogP contribution < -0.4 is 9.47 Å². The third-order valence-corrected chi connectivity index (χ3v) is 9.84. The normalized spacial score (nSPS) is 20.5. The number of hydrogen-bond acceptors (Lipinski definition) is 6. The Labute approximate surface area is 216 Å². The maximum Gasteiger partial charge on any atom is 0.266 e. The second-order valence-corrected chi connectivity index (χ2v) is 11.3. The lowest BCUT2D eigenvalue weighted by atomic mass is 9.71. The largest absolute Gasteiger partial charge is 0.335 e. The molecule has 0 saturated carbocycles. The lowest BCUT2D eigenvalue weighted by molar-refractivity contribution is -0.672. The van der Waals surface area contributed by atoms with Crippen LogP contribution in [-0.2, 0) is 11.3 Å². The van der Waals surface area contributed by atoms with E-state index in [1.807, 2.05) is 24.3 Å². The molecule has 7 rings (SSSR count). The van der Waals surface area contributed by atoms with Crippen LogP contribution in [0.2, 0.25) is 0 Å². The Morgan fingerprint density at radius 3 is 2.69 bits per heavy atom. The van der Waals surface area contributed by atoms with Crippen LogP contribution in [0.15, 0.2) is 86.3 Å². The second-order valence-electron chi connectivity index (χ2n) is 9.28. The summed E-state index contributed by atoms with van der Waals surface area (Å²) in [6.07, 6.45) is 3.46. The number of fused-ring (bicyclic) bond motifs is 6. The summed E-state index contributed by atoms with van der Waals surface area (Å²) in [5, 5.41) is 20.0. The van der Waals surface area contributed by atoms with Gasteiger partial charge in [0.2, 0.25) is 5.52 Å². The molecule has 174 valence electrons. The zero-order valence-corrected chi connectivity index (χ0v) is 21.1. The van der Waals surface area contributed by atoms with E-state index >= 15 is 0 Å². The van der Waals surface area contributed by atoms with E-state index in [1.165, 1.54) is 20.8 Å². The Kier molecular flexibility index (Phi) is 4.90. The Hall–Kier alpha value is -3.69. The Morgan fingerprint density at radius 2 is 1.83 bits per heavy atom. The number of thiazole rings is 1. The van der Waals surface area contributed by atoms with Gasteiger partial charge >= 0.3 is 0 Å². The van der Waals surface area contributed by atoms with Gasteiger partial charge in [0.1, 0.15) is 16.3 Å². The van der Waals surface area contributed by atoms with Gasteiger partial charge in [-0.3, -0.25) is 10.2 Å². The molecule has 0 amide bonds. The van der Waals surface area contributed by atoms with Crippen molar-refractivity contribution in [3.05, 3.63) is 86.4 Å². The highest BCUT2D eigenvalue weighted by Crippen LogP contribution is 2.54. The summed E-state index contributed by atoms with van der Waals surface area (Å²) in [4.78, 5) is 17.5. The average Bonchev–Trinajstić information content (AvgIpc) is 3.49. The molecular weight excluding hydrogens is 484 g/mol. The molecule has 0 spiro atoms. The molecule has 1 aromatic heterocycles. The number of aryl methyl sites for hydroxylation is 1.